The predicted molar refractivity (Wildman–Crippen MR) is 103 cm³/mol. The van der Waals surface area contributed by atoms with Gasteiger partial charge in [0.2, 0.25) is 0 Å². The second kappa shape index (κ2) is 7.61. The Hall–Kier alpha value is -2.52. The van der Waals surface area contributed by atoms with Gasteiger partial charge >= 0.3 is 6.09 Å². The molecule has 0 bridgehead atoms. The van der Waals surface area contributed by atoms with E-state index in [4.69, 9.17) is 21.6 Å². The first kappa shape index (κ1) is 19.2. The smallest absolute Gasteiger partial charge is 0.410 e. The molecule has 1 aromatic heterocycles. The molecule has 0 aliphatic carbocycles. The fourth-order valence-corrected chi connectivity index (χ4v) is 3.42. The third kappa shape index (κ3) is 4.61. The summed E-state index contributed by atoms with van der Waals surface area (Å²) < 4.78 is 7.38. The van der Waals surface area contributed by atoms with E-state index in [-0.39, 0.29) is 12.1 Å². The van der Waals surface area contributed by atoms with Crippen molar-refractivity contribution in [3.63, 3.8) is 0 Å². The molecule has 142 valence electrons. The molecule has 0 saturated carbocycles. The molecule has 3 rings (SSSR count). The summed E-state index contributed by atoms with van der Waals surface area (Å²) in [5.41, 5.74) is 1.82. The fraction of sp³-hybridized carbons (Fsp3) is 0.450. The number of amides is 1. The molecule has 0 unspecified atom stereocenters. The minimum Gasteiger partial charge on any atom is -0.444 e. The lowest BCUT2D eigenvalue weighted by Crippen LogP contribution is -2.42. The highest BCUT2D eigenvalue weighted by atomic mass is 35.5. The van der Waals surface area contributed by atoms with Crippen LogP contribution in [0, 0.1) is 11.3 Å². The molecule has 27 heavy (non-hydrogen) atoms. The van der Waals surface area contributed by atoms with Crippen LogP contribution in [0.2, 0.25) is 5.02 Å². The molecule has 1 aliphatic rings. The number of halogens is 1. The summed E-state index contributed by atoms with van der Waals surface area (Å²) in [6.07, 6.45) is 5.14. The quantitative estimate of drug-likeness (QED) is 0.753. The van der Waals surface area contributed by atoms with Crippen LogP contribution >= 0.6 is 11.6 Å². The fourth-order valence-electron chi connectivity index (χ4n) is 3.14. The van der Waals surface area contributed by atoms with Crippen molar-refractivity contribution in [2.24, 2.45) is 0 Å². The molecule has 2 heterocycles. The Morgan fingerprint density at radius 3 is 2.63 bits per heavy atom. The number of hydrogen-bond donors (Lipinski definition) is 0. The Balaban J connectivity index is 1.65. The lowest BCUT2D eigenvalue weighted by molar-refractivity contribution is 0.0185. The minimum absolute atomic E-state index is 0.231. The van der Waals surface area contributed by atoms with E-state index in [1.54, 1.807) is 23.2 Å². The second-order valence-electron chi connectivity index (χ2n) is 7.71. The van der Waals surface area contributed by atoms with E-state index < -0.39 is 5.60 Å². The topological polar surface area (TPSA) is 71.2 Å². The molecule has 1 aromatic carbocycles. The van der Waals surface area contributed by atoms with Crippen LogP contribution in [-0.2, 0) is 4.74 Å². The Morgan fingerprint density at radius 2 is 2.04 bits per heavy atom. The van der Waals surface area contributed by atoms with Crippen LogP contribution in [0.25, 0.3) is 11.1 Å². The van der Waals surface area contributed by atoms with Crippen LogP contribution in [0.15, 0.2) is 30.6 Å². The number of benzene rings is 1. The molecule has 6 nitrogen and oxygen atoms in total. The molecule has 7 heteroatoms. The Bertz CT molecular complexity index is 871. The number of piperidine rings is 1. The molecule has 0 radical (unpaired) electrons. The average molecular weight is 387 g/mol. The van der Waals surface area contributed by atoms with Crippen LogP contribution in [0.5, 0.6) is 0 Å². The highest BCUT2D eigenvalue weighted by Crippen LogP contribution is 2.30. The number of carbonyl (C=O) groups excluding carboxylic acids is 1. The SMILES string of the molecule is CC(C)(C)OC(=O)N1CCC(n2cc(-c3ccc(C#N)cc3Cl)cn2)CC1. The number of nitriles is 1. The van der Waals surface area contributed by atoms with E-state index in [2.05, 4.69) is 11.2 Å². The summed E-state index contributed by atoms with van der Waals surface area (Å²) in [6, 6.07) is 7.56. The van der Waals surface area contributed by atoms with E-state index in [0.29, 0.717) is 23.7 Å². The summed E-state index contributed by atoms with van der Waals surface area (Å²) in [4.78, 5) is 13.9. The van der Waals surface area contributed by atoms with E-state index in [0.717, 1.165) is 24.0 Å². The van der Waals surface area contributed by atoms with Gasteiger partial charge in [-0.15, -0.1) is 0 Å². The van der Waals surface area contributed by atoms with E-state index >= 15 is 0 Å². The largest absolute Gasteiger partial charge is 0.444 e. The maximum Gasteiger partial charge on any atom is 0.410 e. The van der Waals surface area contributed by atoms with Crippen LogP contribution in [0.1, 0.15) is 45.2 Å². The zero-order chi connectivity index (χ0) is 19.6. The van der Waals surface area contributed by atoms with Gasteiger partial charge in [0.05, 0.1) is 23.9 Å². The zero-order valence-corrected chi connectivity index (χ0v) is 16.5. The molecule has 1 saturated heterocycles. The number of carbonyl (C=O) groups is 1. The van der Waals surface area contributed by atoms with Crippen molar-refractivity contribution in [3.8, 4) is 17.2 Å². The summed E-state index contributed by atoms with van der Waals surface area (Å²) >= 11 is 6.30. The van der Waals surface area contributed by atoms with Crippen molar-refractivity contribution in [3.05, 3.63) is 41.2 Å². The monoisotopic (exact) mass is 386 g/mol. The van der Waals surface area contributed by atoms with Crippen LogP contribution in [0.4, 0.5) is 4.79 Å². The Labute approximate surface area is 164 Å². The lowest BCUT2D eigenvalue weighted by atomic mass is 10.1. The highest BCUT2D eigenvalue weighted by Gasteiger charge is 2.28. The number of likely N-dealkylation sites (tertiary alicyclic amines) is 1. The summed E-state index contributed by atoms with van der Waals surface area (Å²) in [7, 11) is 0. The van der Waals surface area contributed by atoms with Crippen molar-refractivity contribution in [2.75, 3.05) is 13.1 Å². The van der Waals surface area contributed by atoms with Gasteiger partial charge in [-0.05, 0) is 45.7 Å². The molecule has 0 spiro atoms. The van der Waals surface area contributed by atoms with E-state index in [9.17, 15) is 4.79 Å². The van der Waals surface area contributed by atoms with Gasteiger partial charge in [-0.3, -0.25) is 4.68 Å². The van der Waals surface area contributed by atoms with Gasteiger partial charge in [-0.25, -0.2) is 4.79 Å². The molecule has 0 N–H and O–H groups in total. The maximum absolute atomic E-state index is 12.2. The minimum atomic E-state index is -0.481. The number of aromatic nitrogens is 2. The third-order valence-corrected chi connectivity index (χ3v) is 4.81. The van der Waals surface area contributed by atoms with E-state index in [1.165, 1.54) is 0 Å². The number of rotatable bonds is 2. The molecule has 1 fully saturated rings. The predicted octanol–water partition coefficient (Wildman–Crippen LogP) is 4.65. The molecule has 1 amide bonds. The Kier molecular flexibility index (Phi) is 5.43. The van der Waals surface area contributed by atoms with Crippen molar-refractivity contribution < 1.29 is 9.53 Å². The van der Waals surface area contributed by atoms with Crippen molar-refractivity contribution in [1.29, 1.82) is 5.26 Å². The van der Waals surface area contributed by atoms with Crippen molar-refractivity contribution in [2.45, 2.75) is 45.3 Å². The van der Waals surface area contributed by atoms with E-state index in [1.807, 2.05) is 37.7 Å². The average Bonchev–Trinajstić information content (AvgIpc) is 3.10. The molecular formula is C20H23ClN4O2. The third-order valence-electron chi connectivity index (χ3n) is 4.50. The number of ether oxygens (including phenoxy) is 1. The van der Waals surface area contributed by atoms with Gasteiger partial charge in [0.15, 0.2) is 0 Å². The van der Waals surface area contributed by atoms with Crippen LogP contribution in [0.3, 0.4) is 0 Å². The summed E-state index contributed by atoms with van der Waals surface area (Å²) in [5.74, 6) is 0. The van der Waals surface area contributed by atoms with Crippen molar-refractivity contribution in [1.82, 2.24) is 14.7 Å². The molecule has 2 aromatic rings. The molecule has 0 atom stereocenters. The first-order chi connectivity index (χ1) is 12.8. The van der Waals surface area contributed by atoms with Gasteiger partial charge in [0.1, 0.15) is 5.60 Å². The number of nitrogens with zero attached hydrogens (tertiary/aromatic N) is 4. The first-order valence-electron chi connectivity index (χ1n) is 8.99. The van der Waals surface area contributed by atoms with Gasteiger partial charge in [-0.2, -0.15) is 10.4 Å². The van der Waals surface area contributed by atoms with Gasteiger partial charge < -0.3 is 9.64 Å². The van der Waals surface area contributed by atoms with Crippen molar-refractivity contribution >= 4 is 17.7 Å². The molecular weight excluding hydrogens is 364 g/mol. The molecule has 1 aliphatic heterocycles. The summed E-state index contributed by atoms with van der Waals surface area (Å²) in [6.45, 7) is 6.91. The van der Waals surface area contributed by atoms with Gasteiger partial charge in [-0.1, -0.05) is 17.7 Å². The standard InChI is InChI=1S/C20H23ClN4O2/c1-20(2,3)27-19(26)24-8-6-16(7-9-24)25-13-15(12-23-25)17-5-4-14(11-22)10-18(17)21/h4-5,10,12-13,16H,6-9H2,1-3H3. The maximum atomic E-state index is 12.2. The normalized spacial score (nSPS) is 15.4. The second-order valence-corrected chi connectivity index (χ2v) is 8.12. The van der Waals surface area contributed by atoms with Crippen LogP contribution < -0.4 is 0 Å². The lowest BCUT2D eigenvalue weighted by Gasteiger charge is -2.33. The Morgan fingerprint density at radius 1 is 1.33 bits per heavy atom. The zero-order valence-electron chi connectivity index (χ0n) is 15.8. The van der Waals surface area contributed by atoms with Crippen LogP contribution in [-0.4, -0.2) is 39.5 Å². The van der Waals surface area contributed by atoms with Gasteiger partial charge in [0, 0.05) is 35.4 Å². The highest BCUT2D eigenvalue weighted by molar-refractivity contribution is 6.33. The first-order valence-corrected chi connectivity index (χ1v) is 9.37. The van der Waals surface area contributed by atoms with Gasteiger partial charge in [0.25, 0.3) is 0 Å². The summed E-state index contributed by atoms with van der Waals surface area (Å²) in [5, 5.41) is 14.0. The number of hydrogen-bond acceptors (Lipinski definition) is 4.